The highest BCUT2D eigenvalue weighted by molar-refractivity contribution is 6.05. The maximum atomic E-state index is 13.3. The molecule has 5 rings (SSSR count). The van der Waals surface area contributed by atoms with Crippen molar-refractivity contribution in [1.82, 2.24) is 14.6 Å². The van der Waals surface area contributed by atoms with Crippen LogP contribution in [-0.2, 0) is 17.5 Å². The molecule has 0 aliphatic carbocycles. The molecule has 1 N–H and O–H groups in total. The number of ether oxygens (including phenoxy) is 2. The van der Waals surface area contributed by atoms with Crippen molar-refractivity contribution < 1.29 is 32.2 Å². The number of carbonyl (C=O) groups is 2. The van der Waals surface area contributed by atoms with Gasteiger partial charge in [-0.3, -0.25) is 4.79 Å². The van der Waals surface area contributed by atoms with Crippen LogP contribution in [0.3, 0.4) is 0 Å². The number of aromatic nitrogens is 3. The maximum absolute atomic E-state index is 13.3. The van der Waals surface area contributed by atoms with Gasteiger partial charge in [0.1, 0.15) is 17.9 Å². The van der Waals surface area contributed by atoms with E-state index in [4.69, 9.17) is 9.47 Å². The smallest absolute Gasteiger partial charge is 0.416 e. The second-order valence-corrected chi connectivity index (χ2v) is 8.86. The third kappa shape index (κ3) is 6.03. The van der Waals surface area contributed by atoms with Gasteiger partial charge in [-0.2, -0.15) is 18.3 Å². The lowest BCUT2D eigenvalue weighted by Crippen LogP contribution is -2.15. The molecule has 41 heavy (non-hydrogen) atoms. The SMILES string of the molecule is CCOC(=O)c1cnn2c(-c3ccc(OCc4ccccc4)c(NC(=O)c4cccc(C(F)(F)F)c4)c3)ccnc12. The van der Waals surface area contributed by atoms with Gasteiger partial charge in [0.05, 0.1) is 29.7 Å². The van der Waals surface area contributed by atoms with E-state index >= 15 is 0 Å². The molecule has 2 aromatic heterocycles. The van der Waals surface area contributed by atoms with E-state index in [1.54, 1.807) is 31.2 Å². The fourth-order valence-corrected chi connectivity index (χ4v) is 4.14. The molecule has 0 saturated heterocycles. The van der Waals surface area contributed by atoms with Gasteiger partial charge in [0, 0.05) is 17.3 Å². The lowest BCUT2D eigenvalue weighted by molar-refractivity contribution is -0.137. The van der Waals surface area contributed by atoms with E-state index in [1.165, 1.54) is 29.0 Å². The first-order valence-electron chi connectivity index (χ1n) is 12.5. The summed E-state index contributed by atoms with van der Waals surface area (Å²) < 4.78 is 52.3. The number of carbonyl (C=O) groups excluding carboxylic acids is 2. The van der Waals surface area contributed by atoms with Crippen LogP contribution in [-0.4, -0.2) is 33.1 Å². The van der Waals surface area contributed by atoms with Gasteiger partial charge in [-0.05, 0) is 55.0 Å². The zero-order chi connectivity index (χ0) is 29.0. The Balaban J connectivity index is 1.52. The van der Waals surface area contributed by atoms with Crippen molar-refractivity contribution in [3.63, 3.8) is 0 Å². The van der Waals surface area contributed by atoms with Crippen LogP contribution in [0.25, 0.3) is 16.9 Å². The van der Waals surface area contributed by atoms with Crippen molar-refractivity contribution in [3.05, 3.63) is 114 Å². The molecule has 0 saturated carbocycles. The molecule has 3 aromatic carbocycles. The maximum Gasteiger partial charge on any atom is 0.416 e. The van der Waals surface area contributed by atoms with Gasteiger partial charge < -0.3 is 14.8 Å². The number of anilines is 1. The average Bonchev–Trinajstić information content (AvgIpc) is 3.41. The molecule has 5 aromatic rings. The van der Waals surface area contributed by atoms with Crippen LogP contribution in [0, 0.1) is 0 Å². The Labute approximate surface area is 232 Å². The number of benzene rings is 3. The van der Waals surface area contributed by atoms with E-state index in [9.17, 15) is 22.8 Å². The minimum absolute atomic E-state index is 0.170. The van der Waals surface area contributed by atoms with Crippen LogP contribution in [0.15, 0.2) is 91.3 Å². The van der Waals surface area contributed by atoms with E-state index in [-0.39, 0.29) is 35.7 Å². The number of fused-ring (bicyclic) bond motifs is 1. The Morgan fingerprint density at radius 3 is 2.54 bits per heavy atom. The molecule has 0 unspecified atom stereocenters. The Bertz CT molecular complexity index is 1720. The number of rotatable bonds is 8. The molecule has 0 bridgehead atoms. The van der Waals surface area contributed by atoms with Crippen LogP contribution < -0.4 is 10.1 Å². The summed E-state index contributed by atoms with van der Waals surface area (Å²) in [6, 6.07) is 20.2. The Morgan fingerprint density at radius 1 is 0.976 bits per heavy atom. The summed E-state index contributed by atoms with van der Waals surface area (Å²) in [4.78, 5) is 29.7. The predicted molar refractivity (Wildman–Crippen MR) is 145 cm³/mol. The molecule has 0 aliphatic rings. The molecular formula is C30H23F3N4O4. The van der Waals surface area contributed by atoms with Gasteiger partial charge in [0.2, 0.25) is 0 Å². The number of hydrogen-bond donors (Lipinski definition) is 1. The second kappa shape index (κ2) is 11.5. The van der Waals surface area contributed by atoms with E-state index in [2.05, 4.69) is 15.4 Å². The topological polar surface area (TPSA) is 94.8 Å². The van der Waals surface area contributed by atoms with Crippen LogP contribution in [0.1, 0.15) is 38.8 Å². The van der Waals surface area contributed by atoms with E-state index in [0.717, 1.165) is 17.7 Å². The largest absolute Gasteiger partial charge is 0.487 e. The zero-order valence-corrected chi connectivity index (χ0v) is 21.7. The molecular weight excluding hydrogens is 537 g/mol. The normalized spacial score (nSPS) is 11.3. The van der Waals surface area contributed by atoms with Gasteiger partial charge in [0.25, 0.3) is 5.91 Å². The van der Waals surface area contributed by atoms with Crippen molar-refractivity contribution >= 4 is 23.2 Å². The Kier molecular flexibility index (Phi) is 7.68. The summed E-state index contributed by atoms with van der Waals surface area (Å²) in [6.45, 7) is 2.07. The number of nitrogens with zero attached hydrogens (tertiary/aromatic N) is 3. The summed E-state index contributed by atoms with van der Waals surface area (Å²) in [5.41, 5.74) is 1.58. The first kappa shape index (κ1) is 27.4. The summed E-state index contributed by atoms with van der Waals surface area (Å²) in [7, 11) is 0. The monoisotopic (exact) mass is 560 g/mol. The van der Waals surface area contributed by atoms with Gasteiger partial charge in [-0.1, -0.05) is 36.4 Å². The second-order valence-electron chi connectivity index (χ2n) is 8.86. The predicted octanol–water partition coefficient (Wildman–Crippen LogP) is 6.42. The van der Waals surface area contributed by atoms with Gasteiger partial charge in [0.15, 0.2) is 5.65 Å². The van der Waals surface area contributed by atoms with Crippen LogP contribution >= 0.6 is 0 Å². The van der Waals surface area contributed by atoms with E-state index in [0.29, 0.717) is 17.0 Å². The number of hydrogen-bond acceptors (Lipinski definition) is 6. The quantitative estimate of drug-likeness (QED) is 0.220. The number of halogens is 3. The van der Waals surface area contributed by atoms with Crippen molar-refractivity contribution in [2.24, 2.45) is 0 Å². The molecule has 0 atom stereocenters. The van der Waals surface area contributed by atoms with Crippen molar-refractivity contribution in [3.8, 4) is 17.0 Å². The Morgan fingerprint density at radius 2 is 1.78 bits per heavy atom. The van der Waals surface area contributed by atoms with Gasteiger partial charge in [-0.15, -0.1) is 0 Å². The standard InChI is InChI=1S/C30H23F3N4O4/c1-2-40-29(39)23-17-35-37-25(13-14-34-27(23)37)20-11-12-26(41-18-19-7-4-3-5-8-19)24(16-20)36-28(38)21-9-6-10-22(15-21)30(31,32)33/h3-17H,2,18H2,1H3,(H,36,38). The number of amides is 1. The molecule has 0 aliphatic heterocycles. The average molecular weight is 561 g/mol. The number of esters is 1. The highest BCUT2D eigenvalue weighted by atomic mass is 19.4. The van der Waals surface area contributed by atoms with Crippen molar-refractivity contribution in [2.45, 2.75) is 19.7 Å². The molecule has 1 amide bonds. The first-order chi connectivity index (χ1) is 19.7. The molecule has 0 fully saturated rings. The van der Waals surface area contributed by atoms with E-state index in [1.807, 2.05) is 30.3 Å². The van der Waals surface area contributed by atoms with Crippen LogP contribution in [0.5, 0.6) is 5.75 Å². The third-order valence-electron chi connectivity index (χ3n) is 6.11. The summed E-state index contributed by atoms with van der Waals surface area (Å²) >= 11 is 0. The molecule has 0 radical (unpaired) electrons. The fourth-order valence-electron chi connectivity index (χ4n) is 4.14. The first-order valence-corrected chi connectivity index (χ1v) is 12.5. The lowest BCUT2D eigenvalue weighted by atomic mass is 10.1. The highest BCUT2D eigenvalue weighted by Crippen LogP contribution is 2.33. The number of alkyl halides is 3. The van der Waals surface area contributed by atoms with Gasteiger partial charge in [-0.25, -0.2) is 14.3 Å². The summed E-state index contributed by atoms with van der Waals surface area (Å²) in [6.07, 6.45) is -1.73. The molecule has 8 nitrogen and oxygen atoms in total. The molecule has 2 heterocycles. The van der Waals surface area contributed by atoms with Crippen molar-refractivity contribution in [1.29, 1.82) is 0 Å². The molecule has 11 heteroatoms. The van der Waals surface area contributed by atoms with E-state index < -0.39 is 23.6 Å². The highest BCUT2D eigenvalue weighted by Gasteiger charge is 2.31. The Hall–Kier alpha value is -5.19. The van der Waals surface area contributed by atoms with Crippen LogP contribution in [0.4, 0.5) is 18.9 Å². The molecule has 208 valence electrons. The molecule has 0 spiro atoms. The lowest BCUT2D eigenvalue weighted by Gasteiger charge is -2.15. The van der Waals surface area contributed by atoms with Gasteiger partial charge >= 0.3 is 12.1 Å². The third-order valence-corrected chi connectivity index (χ3v) is 6.11. The summed E-state index contributed by atoms with van der Waals surface area (Å²) in [5.74, 6) is -1.01. The van der Waals surface area contributed by atoms with Crippen LogP contribution in [0.2, 0.25) is 0 Å². The number of nitrogens with one attached hydrogen (secondary N) is 1. The zero-order valence-electron chi connectivity index (χ0n) is 21.7. The van der Waals surface area contributed by atoms with Crippen molar-refractivity contribution in [2.75, 3.05) is 11.9 Å². The minimum atomic E-state index is -4.60. The fraction of sp³-hybridized carbons (Fsp3) is 0.133. The summed E-state index contributed by atoms with van der Waals surface area (Å²) in [5, 5.41) is 6.99. The minimum Gasteiger partial charge on any atom is -0.487 e.